The van der Waals surface area contributed by atoms with Crippen molar-refractivity contribution in [2.45, 2.75) is 151 Å². The number of esters is 3. The minimum Gasteiger partial charge on any atom is -0.462 e. The van der Waals surface area contributed by atoms with E-state index in [1.54, 1.807) is 0 Å². The summed E-state index contributed by atoms with van der Waals surface area (Å²) in [5.74, 6) is 0.195. The highest BCUT2D eigenvalue weighted by atomic mass is 16.6. The van der Waals surface area contributed by atoms with Crippen LogP contribution >= 0.6 is 0 Å². The monoisotopic (exact) mass is 602 g/mol. The van der Waals surface area contributed by atoms with Gasteiger partial charge in [-0.15, -0.1) is 0 Å². The molecule has 0 saturated heterocycles. The molecule has 0 heterocycles. The smallest absolute Gasteiger partial charge is 0.302 e. The van der Waals surface area contributed by atoms with Gasteiger partial charge in [-0.05, 0) is 105 Å². The van der Waals surface area contributed by atoms with Crippen LogP contribution in [-0.2, 0) is 28.6 Å². The van der Waals surface area contributed by atoms with E-state index in [1.807, 2.05) is 13.8 Å². The average Bonchev–Trinajstić information content (AvgIpc) is 3.19. The molecule has 0 aliphatic heterocycles. The van der Waals surface area contributed by atoms with Crippen LogP contribution < -0.4 is 0 Å². The van der Waals surface area contributed by atoms with Crippen molar-refractivity contribution in [3.05, 3.63) is 0 Å². The van der Waals surface area contributed by atoms with E-state index < -0.39 is 5.60 Å². The molecule has 5 aliphatic carbocycles. The lowest BCUT2D eigenvalue weighted by Gasteiger charge is -2.74. The fourth-order valence-corrected chi connectivity index (χ4v) is 13.2. The molecule has 7 heteroatoms. The molecule has 0 radical (unpaired) electrons. The Bertz CT molecular complexity index is 1150. The minimum atomic E-state index is -0.853. The van der Waals surface area contributed by atoms with Crippen molar-refractivity contribution in [1.29, 1.82) is 0 Å². The van der Waals surface area contributed by atoms with Crippen molar-refractivity contribution in [2.24, 2.45) is 56.7 Å². The molecule has 0 aromatic heterocycles. The van der Waals surface area contributed by atoms with Gasteiger partial charge >= 0.3 is 17.9 Å². The summed E-state index contributed by atoms with van der Waals surface area (Å²) >= 11 is 0. The lowest BCUT2D eigenvalue weighted by Crippen LogP contribution is -2.71. The largest absolute Gasteiger partial charge is 0.462 e. The Morgan fingerprint density at radius 3 is 1.65 bits per heavy atom. The van der Waals surface area contributed by atoms with Crippen molar-refractivity contribution in [2.75, 3.05) is 0 Å². The molecule has 43 heavy (non-hydrogen) atoms. The highest BCUT2D eigenvalue weighted by Gasteiger charge is 2.75. The van der Waals surface area contributed by atoms with Crippen LogP contribution in [0.1, 0.15) is 128 Å². The molecule has 0 amide bonds. The molecule has 7 nitrogen and oxygen atoms in total. The summed E-state index contributed by atoms with van der Waals surface area (Å²) in [6.45, 7) is 22.5. The Morgan fingerprint density at radius 1 is 0.674 bits per heavy atom. The first-order chi connectivity index (χ1) is 19.6. The van der Waals surface area contributed by atoms with Gasteiger partial charge < -0.3 is 19.3 Å². The Labute approximate surface area is 259 Å². The lowest BCUT2D eigenvalue weighted by molar-refractivity contribution is -0.293. The number of hydrogen-bond donors (Lipinski definition) is 1. The van der Waals surface area contributed by atoms with Gasteiger partial charge in [-0.3, -0.25) is 14.4 Å². The third kappa shape index (κ3) is 4.71. The zero-order valence-corrected chi connectivity index (χ0v) is 28.7. The summed E-state index contributed by atoms with van der Waals surface area (Å²) in [6.07, 6.45) is 6.53. The molecule has 0 aromatic carbocycles. The molecular weight excluding hydrogens is 544 g/mol. The second-order valence-corrected chi connectivity index (χ2v) is 17.5. The van der Waals surface area contributed by atoms with E-state index in [2.05, 4.69) is 41.5 Å². The maximum Gasteiger partial charge on any atom is 0.302 e. The van der Waals surface area contributed by atoms with Gasteiger partial charge in [-0.25, -0.2) is 0 Å². The summed E-state index contributed by atoms with van der Waals surface area (Å²) in [4.78, 5) is 37.4. The van der Waals surface area contributed by atoms with E-state index in [0.29, 0.717) is 11.8 Å². The van der Waals surface area contributed by atoms with Crippen LogP contribution in [0, 0.1) is 56.7 Å². The zero-order valence-electron chi connectivity index (χ0n) is 28.7. The number of rotatable bonds is 4. The van der Waals surface area contributed by atoms with Crippen LogP contribution in [0.3, 0.4) is 0 Å². The summed E-state index contributed by atoms with van der Waals surface area (Å²) in [6, 6.07) is 0. The van der Waals surface area contributed by atoms with Gasteiger partial charge in [0.25, 0.3) is 0 Å². The van der Waals surface area contributed by atoms with Crippen molar-refractivity contribution >= 4 is 17.9 Å². The predicted molar refractivity (Wildman–Crippen MR) is 164 cm³/mol. The molecule has 5 fully saturated rings. The highest BCUT2D eigenvalue weighted by molar-refractivity contribution is 5.67. The fraction of sp³-hybridized carbons (Fsp3) is 0.917. The Hall–Kier alpha value is -1.63. The zero-order chi connectivity index (χ0) is 32.1. The standard InChI is InChI=1S/C36H58O7/c1-20(37)41-24-18-35(10)26(33(8)16-14-23(29(24)33)32(6,7)40)12-13-27-34(9)17-15-28(43-22(3)39)31(4,5)30(34)25(42-21(2)38)19-36(27,35)11/h23-30,40H,12-19H2,1-11H3/t23-,24+,25+,26-,27-,28+,29-,30+,33-,34-,35-,36-/m1/s1. The van der Waals surface area contributed by atoms with Gasteiger partial charge in [0.15, 0.2) is 0 Å². The topological polar surface area (TPSA) is 99.1 Å². The highest BCUT2D eigenvalue weighted by Crippen LogP contribution is 2.78. The fourth-order valence-electron chi connectivity index (χ4n) is 13.2. The van der Waals surface area contributed by atoms with E-state index in [4.69, 9.17) is 14.2 Å². The number of hydrogen-bond acceptors (Lipinski definition) is 7. The molecular formula is C36H58O7. The van der Waals surface area contributed by atoms with E-state index in [9.17, 15) is 19.5 Å². The lowest BCUT2D eigenvalue weighted by atomic mass is 9.31. The van der Waals surface area contributed by atoms with Crippen molar-refractivity contribution < 1.29 is 33.7 Å². The van der Waals surface area contributed by atoms with E-state index >= 15 is 0 Å². The van der Waals surface area contributed by atoms with Crippen molar-refractivity contribution in [1.82, 2.24) is 0 Å². The maximum absolute atomic E-state index is 12.7. The van der Waals surface area contributed by atoms with Crippen LogP contribution in [0.25, 0.3) is 0 Å². The quantitative estimate of drug-likeness (QED) is 0.277. The SMILES string of the molecule is CC(=O)O[C@H]1C[C@]2(C)[C@H](CC[C@@H]3[C@@]4(C)CC[C@H](OC(C)=O)C(C)(C)[C@@H]4[C@@H](OC(C)=O)C[C@]32C)[C@@]2(C)CC[C@@H](C(C)(C)O)[C@H]12. The molecule has 5 saturated carbocycles. The Kier molecular flexibility index (Phi) is 7.76. The van der Waals surface area contributed by atoms with Gasteiger partial charge in [0.1, 0.15) is 18.3 Å². The number of fused-ring (bicyclic) bond motifs is 7. The van der Waals surface area contributed by atoms with Gasteiger partial charge in [0.2, 0.25) is 0 Å². The van der Waals surface area contributed by atoms with Crippen molar-refractivity contribution in [3.8, 4) is 0 Å². The van der Waals surface area contributed by atoms with E-state index in [0.717, 1.165) is 51.4 Å². The molecule has 5 aliphatic rings. The third-order valence-electron chi connectivity index (χ3n) is 14.5. The molecule has 5 rings (SSSR count). The summed E-state index contributed by atoms with van der Waals surface area (Å²) < 4.78 is 18.5. The second kappa shape index (κ2) is 10.2. The normalized spacial score (nSPS) is 48.6. The van der Waals surface area contributed by atoms with E-state index in [1.165, 1.54) is 20.8 Å². The van der Waals surface area contributed by atoms with Crippen LogP contribution in [-0.4, -0.2) is 46.9 Å². The van der Waals surface area contributed by atoms with Crippen LogP contribution in [0.15, 0.2) is 0 Å². The van der Waals surface area contributed by atoms with Crippen LogP contribution in [0.2, 0.25) is 0 Å². The number of carbonyl (C=O) groups excluding carboxylic acids is 3. The number of aliphatic hydroxyl groups is 1. The maximum atomic E-state index is 12.7. The van der Waals surface area contributed by atoms with Gasteiger partial charge in [0, 0.05) is 38.0 Å². The second-order valence-electron chi connectivity index (χ2n) is 17.5. The summed E-state index contributed by atoms with van der Waals surface area (Å²) in [7, 11) is 0. The van der Waals surface area contributed by atoms with Crippen molar-refractivity contribution in [3.63, 3.8) is 0 Å². The van der Waals surface area contributed by atoms with Gasteiger partial charge in [0.05, 0.1) is 5.60 Å². The molecule has 244 valence electrons. The summed E-state index contributed by atoms with van der Waals surface area (Å²) in [5, 5.41) is 11.3. The van der Waals surface area contributed by atoms with Gasteiger partial charge in [-0.2, -0.15) is 0 Å². The molecule has 0 aromatic rings. The molecule has 0 unspecified atom stereocenters. The van der Waals surface area contributed by atoms with Crippen LogP contribution in [0.4, 0.5) is 0 Å². The van der Waals surface area contributed by atoms with Crippen LogP contribution in [0.5, 0.6) is 0 Å². The molecule has 1 N–H and O–H groups in total. The predicted octanol–water partition coefficient (Wildman–Crippen LogP) is 6.87. The Morgan fingerprint density at radius 2 is 1.14 bits per heavy atom. The Balaban J connectivity index is 1.63. The third-order valence-corrected chi connectivity index (χ3v) is 14.5. The summed E-state index contributed by atoms with van der Waals surface area (Å²) in [5.41, 5.74) is -1.77. The molecule has 12 atom stereocenters. The van der Waals surface area contributed by atoms with Gasteiger partial charge in [-0.1, -0.05) is 41.5 Å². The first-order valence-corrected chi connectivity index (χ1v) is 16.9. The molecule has 0 spiro atoms. The number of ether oxygens (including phenoxy) is 3. The first-order valence-electron chi connectivity index (χ1n) is 16.9. The first kappa shape index (κ1) is 32.8. The minimum absolute atomic E-state index is 0.0440. The van der Waals surface area contributed by atoms with E-state index in [-0.39, 0.29) is 81.0 Å². The average molecular weight is 603 g/mol. The molecule has 0 bridgehead atoms. The number of carbonyl (C=O) groups is 3.